The minimum absolute atomic E-state index is 0.0410. The van der Waals surface area contributed by atoms with Gasteiger partial charge >= 0.3 is 0 Å². The minimum Gasteiger partial charge on any atom is -0.384 e. The average molecular weight is 303 g/mol. The molecule has 0 aliphatic rings. The Morgan fingerprint density at radius 2 is 2.24 bits per heavy atom. The standard InChI is InChI=1S/C13H9N3O4S/c17-7-3-4-9-8-14-13(21-9)15-12(18)10-5-1-2-6-11(10)16(19)20/h1-2,5-6,8,17H,7H2,(H,14,15,18). The van der Waals surface area contributed by atoms with E-state index in [1.807, 2.05) is 0 Å². The first-order valence-electron chi connectivity index (χ1n) is 5.72. The number of benzene rings is 1. The zero-order chi connectivity index (χ0) is 15.2. The number of nitro groups is 1. The molecule has 0 fully saturated rings. The van der Waals surface area contributed by atoms with E-state index >= 15 is 0 Å². The predicted octanol–water partition coefficient (Wildman–Crippen LogP) is 1.65. The van der Waals surface area contributed by atoms with Crippen LogP contribution >= 0.6 is 11.3 Å². The highest BCUT2D eigenvalue weighted by Crippen LogP contribution is 2.21. The molecule has 2 aromatic rings. The van der Waals surface area contributed by atoms with Crippen molar-refractivity contribution < 1.29 is 14.8 Å². The number of carbonyl (C=O) groups excluding carboxylic acids is 1. The lowest BCUT2D eigenvalue weighted by atomic mass is 10.1. The Balaban J connectivity index is 2.19. The summed E-state index contributed by atoms with van der Waals surface area (Å²) in [5, 5.41) is 22.2. The Bertz CT molecular complexity index is 745. The van der Waals surface area contributed by atoms with Gasteiger partial charge in [0.1, 0.15) is 12.2 Å². The molecule has 1 amide bonds. The highest BCUT2D eigenvalue weighted by atomic mass is 32.1. The molecule has 1 aromatic carbocycles. The van der Waals surface area contributed by atoms with Crippen molar-refractivity contribution in [3.63, 3.8) is 0 Å². The van der Waals surface area contributed by atoms with Crippen molar-refractivity contribution >= 4 is 28.1 Å². The second-order valence-electron chi connectivity index (χ2n) is 3.72. The molecule has 0 saturated carbocycles. The summed E-state index contributed by atoms with van der Waals surface area (Å²) in [5.74, 6) is 4.50. The maximum Gasteiger partial charge on any atom is 0.282 e. The molecular formula is C13H9N3O4S. The maximum absolute atomic E-state index is 12.0. The maximum atomic E-state index is 12.0. The molecule has 0 saturated heterocycles. The number of thiazole rings is 1. The number of anilines is 1. The van der Waals surface area contributed by atoms with Crippen LogP contribution in [0.3, 0.4) is 0 Å². The van der Waals surface area contributed by atoms with Gasteiger partial charge in [-0.3, -0.25) is 20.2 Å². The fraction of sp³-hybridized carbons (Fsp3) is 0.0769. The summed E-state index contributed by atoms with van der Waals surface area (Å²) in [4.78, 5) is 26.8. The number of amides is 1. The van der Waals surface area contributed by atoms with Gasteiger partial charge in [0.15, 0.2) is 5.13 Å². The van der Waals surface area contributed by atoms with E-state index in [2.05, 4.69) is 22.1 Å². The van der Waals surface area contributed by atoms with Gasteiger partial charge in [0, 0.05) is 6.07 Å². The van der Waals surface area contributed by atoms with Crippen LogP contribution in [-0.4, -0.2) is 27.5 Å². The molecule has 0 bridgehead atoms. The average Bonchev–Trinajstić information content (AvgIpc) is 2.92. The van der Waals surface area contributed by atoms with Crippen LogP contribution < -0.4 is 5.32 Å². The summed E-state index contributed by atoms with van der Waals surface area (Å²) in [7, 11) is 0. The first-order chi connectivity index (χ1) is 10.1. The van der Waals surface area contributed by atoms with Gasteiger partial charge in [-0.25, -0.2) is 4.98 Å². The zero-order valence-electron chi connectivity index (χ0n) is 10.6. The summed E-state index contributed by atoms with van der Waals surface area (Å²) in [6.07, 6.45) is 1.45. The van der Waals surface area contributed by atoms with Crippen molar-refractivity contribution in [2.75, 3.05) is 11.9 Å². The summed E-state index contributed by atoms with van der Waals surface area (Å²) < 4.78 is 0. The van der Waals surface area contributed by atoms with Crippen LogP contribution in [-0.2, 0) is 0 Å². The van der Waals surface area contributed by atoms with Gasteiger partial charge in [-0.1, -0.05) is 35.3 Å². The predicted molar refractivity (Wildman–Crippen MR) is 77.1 cm³/mol. The minimum atomic E-state index is -0.616. The molecule has 0 aliphatic heterocycles. The van der Waals surface area contributed by atoms with Gasteiger partial charge < -0.3 is 5.11 Å². The highest BCUT2D eigenvalue weighted by Gasteiger charge is 2.19. The molecule has 2 N–H and O–H groups in total. The van der Waals surface area contributed by atoms with E-state index in [9.17, 15) is 14.9 Å². The molecule has 106 valence electrons. The van der Waals surface area contributed by atoms with Crippen LogP contribution in [0.4, 0.5) is 10.8 Å². The molecule has 0 unspecified atom stereocenters. The lowest BCUT2D eigenvalue weighted by molar-refractivity contribution is -0.385. The number of hydrogen-bond acceptors (Lipinski definition) is 6. The molecule has 2 rings (SSSR count). The van der Waals surface area contributed by atoms with Gasteiger partial charge in [-0.2, -0.15) is 0 Å². The van der Waals surface area contributed by atoms with E-state index in [-0.39, 0.29) is 23.0 Å². The first kappa shape index (κ1) is 14.6. The van der Waals surface area contributed by atoms with Crippen molar-refractivity contribution in [2.45, 2.75) is 0 Å². The van der Waals surface area contributed by atoms with Crippen molar-refractivity contribution in [1.29, 1.82) is 0 Å². The van der Waals surface area contributed by atoms with Crippen LogP contribution in [0.1, 0.15) is 15.2 Å². The van der Waals surface area contributed by atoms with Gasteiger partial charge in [0.25, 0.3) is 11.6 Å². The Labute approximate surface area is 123 Å². The summed E-state index contributed by atoms with van der Waals surface area (Å²) in [6.45, 7) is -0.268. The first-order valence-corrected chi connectivity index (χ1v) is 6.54. The van der Waals surface area contributed by atoms with Crippen molar-refractivity contribution in [3.8, 4) is 11.8 Å². The molecule has 0 radical (unpaired) electrons. The summed E-state index contributed by atoms with van der Waals surface area (Å²) in [6, 6.07) is 5.66. The molecule has 1 heterocycles. The van der Waals surface area contributed by atoms with Crippen molar-refractivity contribution in [2.24, 2.45) is 0 Å². The third-order valence-corrected chi connectivity index (χ3v) is 3.19. The van der Waals surface area contributed by atoms with Gasteiger partial charge in [0.2, 0.25) is 0 Å². The lowest BCUT2D eigenvalue weighted by Crippen LogP contribution is -2.13. The molecule has 0 aliphatic carbocycles. The second-order valence-corrected chi connectivity index (χ2v) is 4.75. The number of nitro benzene ring substituents is 1. The number of nitrogens with one attached hydrogen (secondary N) is 1. The summed E-state index contributed by atoms with van der Waals surface area (Å²) >= 11 is 1.11. The Morgan fingerprint density at radius 1 is 1.48 bits per heavy atom. The molecule has 0 spiro atoms. The zero-order valence-corrected chi connectivity index (χ0v) is 11.4. The summed E-state index contributed by atoms with van der Waals surface area (Å²) in [5.41, 5.74) is -0.312. The SMILES string of the molecule is O=C(Nc1ncc(C#CCO)s1)c1ccccc1[N+](=O)[O-]. The van der Waals surface area contributed by atoms with Crippen LogP contribution in [0, 0.1) is 22.0 Å². The van der Waals surface area contributed by atoms with Gasteiger partial charge in [-0.15, -0.1) is 0 Å². The topological polar surface area (TPSA) is 105 Å². The number of rotatable bonds is 3. The Kier molecular flexibility index (Phi) is 4.61. The lowest BCUT2D eigenvalue weighted by Gasteiger charge is -2.02. The van der Waals surface area contributed by atoms with Crippen molar-refractivity contribution in [3.05, 3.63) is 51.0 Å². The number of nitrogens with zero attached hydrogens (tertiary/aromatic N) is 2. The molecular weight excluding hydrogens is 294 g/mol. The number of carbonyl (C=O) groups is 1. The monoisotopic (exact) mass is 303 g/mol. The van der Waals surface area contributed by atoms with E-state index in [0.717, 1.165) is 11.3 Å². The Hall–Kier alpha value is -2.76. The number of para-hydroxylation sites is 1. The fourth-order valence-corrected chi connectivity index (χ4v) is 2.19. The quantitative estimate of drug-likeness (QED) is 0.509. The third kappa shape index (κ3) is 3.62. The van der Waals surface area contributed by atoms with E-state index in [4.69, 9.17) is 5.11 Å². The molecule has 0 atom stereocenters. The number of aromatic nitrogens is 1. The number of aliphatic hydroxyl groups is 1. The Morgan fingerprint density at radius 3 is 2.95 bits per heavy atom. The smallest absolute Gasteiger partial charge is 0.282 e. The van der Waals surface area contributed by atoms with Crippen LogP contribution in [0.2, 0.25) is 0 Å². The number of hydrogen-bond donors (Lipinski definition) is 2. The van der Waals surface area contributed by atoms with Gasteiger partial charge in [-0.05, 0) is 6.07 Å². The molecule has 8 heteroatoms. The fourth-order valence-electron chi connectivity index (χ4n) is 1.51. The highest BCUT2D eigenvalue weighted by molar-refractivity contribution is 7.16. The van der Waals surface area contributed by atoms with Crippen LogP contribution in [0.25, 0.3) is 0 Å². The van der Waals surface area contributed by atoms with E-state index in [1.54, 1.807) is 6.07 Å². The van der Waals surface area contributed by atoms with E-state index in [1.165, 1.54) is 24.4 Å². The molecule has 7 nitrogen and oxygen atoms in total. The van der Waals surface area contributed by atoms with Gasteiger partial charge in [0.05, 0.1) is 16.0 Å². The van der Waals surface area contributed by atoms with Crippen LogP contribution in [0.5, 0.6) is 0 Å². The third-order valence-electron chi connectivity index (χ3n) is 2.36. The van der Waals surface area contributed by atoms with Crippen molar-refractivity contribution in [1.82, 2.24) is 4.98 Å². The molecule has 1 aromatic heterocycles. The molecule has 21 heavy (non-hydrogen) atoms. The normalized spacial score (nSPS) is 9.57. The van der Waals surface area contributed by atoms with E-state index in [0.29, 0.717) is 4.88 Å². The second kappa shape index (κ2) is 6.60. The number of aliphatic hydroxyl groups excluding tert-OH is 1. The van der Waals surface area contributed by atoms with Crippen LogP contribution in [0.15, 0.2) is 30.5 Å². The van der Waals surface area contributed by atoms with E-state index < -0.39 is 10.8 Å². The largest absolute Gasteiger partial charge is 0.384 e.